The second-order valence-electron chi connectivity index (χ2n) is 4.97. The number of benzene rings is 3. The van der Waals surface area contributed by atoms with Crippen molar-refractivity contribution >= 4 is 11.6 Å². The molecule has 116 valence electrons. The molecule has 0 spiro atoms. The molecular weight excluding hydrogens is 322 g/mol. The molecule has 0 aliphatic rings. The molecule has 0 amide bonds. The number of phenols is 2. The molecule has 0 radical (unpaired) electrons. The van der Waals surface area contributed by atoms with Crippen molar-refractivity contribution in [3.8, 4) is 33.8 Å². The summed E-state index contributed by atoms with van der Waals surface area (Å²) in [5.74, 6) is -1.92. The van der Waals surface area contributed by atoms with E-state index in [1.165, 1.54) is 30.3 Å². The molecule has 3 rings (SSSR count). The van der Waals surface area contributed by atoms with Crippen molar-refractivity contribution < 1.29 is 19.0 Å². The Morgan fingerprint density at radius 3 is 1.91 bits per heavy atom. The van der Waals surface area contributed by atoms with Crippen LogP contribution in [0.4, 0.5) is 8.78 Å². The molecule has 0 atom stereocenters. The second-order valence-corrected chi connectivity index (χ2v) is 5.37. The maximum absolute atomic E-state index is 14.4. The number of rotatable bonds is 2. The molecule has 0 aromatic heterocycles. The smallest absolute Gasteiger partial charge is 0.142 e. The monoisotopic (exact) mass is 332 g/mol. The Morgan fingerprint density at radius 1 is 0.696 bits per heavy atom. The first-order valence-corrected chi connectivity index (χ1v) is 7.12. The highest BCUT2D eigenvalue weighted by Crippen LogP contribution is 2.39. The Hall–Kier alpha value is -2.59. The van der Waals surface area contributed by atoms with Crippen LogP contribution in [0.2, 0.25) is 5.02 Å². The summed E-state index contributed by atoms with van der Waals surface area (Å²) in [6.45, 7) is 0. The van der Waals surface area contributed by atoms with Gasteiger partial charge in [-0.15, -0.1) is 0 Å². The standard InChI is InChI=1S/C18H11ClF2O2/c19-14-6-3-5-11(18(14)23)13-9-15(20)12(8-16(13)21)10-4-1-2-7-17(10)22/h1-9,22-23H. The topological polar surface area (TPSA) is 40.5 Å². The molecule has 0 bridgehead atoms. The lowest BCUT2D eigenvalue weighted by atomic mass is 9.98. The zero-order valence-corrected chi connectivity index (χ0v) is 12.5. The molecule has 5 heteroatoms. The third-order valence-corrected chi connectivity index (χ3v) is 3.83. The molecule has 2 N–H and O–H groups in total. The van der Waals surface area contributed by atoms with E-state index in [0.717, 1.165) is 12.1 Å². The van der Waals surface area contributed by atoms with Crippen molar-refractivity contribution in [1.29, 1.82) is 0 Å². The first-order valence-electron chi connectivity index (χ1n) is 6.74. The zero-order chi connectivity index (χ0) is 16.6. The van der Waals surface area contributed by atoms with E-state index in [4.69, 9.17) is 11.6 Å². The molecular formula is C18H11ClF2O2. The van der Waals surface area contributed by atoms with Crippen LogP contribution in [0.3, 0.4) is 0 Å². The van der Waals surface area contributed by atoms with E-state index in [1.807, 2.05) is 0 Å². The van der Waals surface area contributed by atoms with Crippen molar-refractivity contribution in [2.24, 2.45) is 0 Å². The van der Waals surface area contributed by atoms with E-state index in [9.17, 15) is 19.0 Å². The second kappa shape index (κ2) is 5.89. The zero-order valence-electron chi connectivity index (χ0n) is 11.7. The Kier molecular flexibility index (Phi) is 3.92. The first kappa shape index (κ1) is 15.3. The van der Waals surface area contributed by atoms with Crippen LogP contribution in [-0.4, -0.2) is 10.2 Å². The first-order chi connectivity index (χ1) is 11.0. The molecule has 23 heavy (non-hydrogen) atoms. The number of halogens is 3. The molecule has 0 saturated heterocycles. The van der Waals surface area contributed by atoms with Gasteiger partial charge in [0.05, 0.1) is 5.02 Å². The fourth-order valence-electron chi connectivity index (χ4n) is 2.39. The Balaban J connectivity index is 2.19. The van der Waals surface area contributed by atoms with Crippen molar-refractivity contribution in [2.75, 3.05) is 0 Å². The predicted octanol–water partition coefficient (Wildman–Crippen LogP) is 5.36. The minimum atomic E-state index is -0.734. The summed E-state index contributed by atoms with van der Waals surface area (Å²) in [4.78, 5) is 0. The molecule has 0 unspecified atom stereocenters. The van der Waals surface area contributed by atoms with Crippen LogP contribution in [-0.2, 0) is 0 Å². The van der Waals surface area contributed by atoms with Crippen LogP contribution in [0.15, 0.2) is 54.6 Å². The Labute approximate surface area is 136 Å². The predicted molar refractivity (Wildman–Crippen MR) is 85.6 cm³/mol. The van der Waals surface area contributed by atoms with Gasteiger partial charge in [-0.1, -0.05) is 41.9 Å². The molecule has 0 saturated carbocycles. The normalized spacial score (nSPS) is 10.7. The van der Waals surface area contributed by atoms with Crippen LogP contribution in [0.25, 0.3) is 22.3 Å². The number of hydrogen-bond acceptors (Lipinski definition) is 2. The molecule has 0 fully saturated rings. The summed E-state index contributed by atoms with van der Waals surface area (Å²) in [5, 5.41) is 19.8. The summed E-state index contributed by atoms with van der Waals surface area (Å²) < 4.78 is 28.9. The largest absolute Gasteiger partial charge is 0.507 e. The van der Waals surface area contributed by atoms with E-state index in [1.54, 1.807) is 12.1 Å². The SMILES string of the molecule is Oc1ccccc1-c1cc(F)c(-c2cccc(Cl)c2O)cc1F. The van der Waals surface area contributed by atoms with Gasteiger partial charge in [-0.05, 0) is 24.3 Å². The maximum Gasteiger partial charge on any atom is 0.142 e. The van der Waals surface area contributed by atoms with Gasteiger partial charge in [0.1, 0.15) is 23.1 Å². The Bertz CT molecular complexity index is 894. The number of hydrogen-bond donors (Lipinski definition) is 2. The molecule has 0 aliphatic carbocycles. The lowest BCUT2D eigenvalue weighted by Crippen LogP contribution is -1.92. The molecule has 0 heterocycles. The summed E-state index contributed by atoms with van der Waals surface area (Å²) in [6, 6.07) is 12.5. The van der Waals surface area contributed by atoms with Crippen LogP contribution >= 0.6 is 11.6 Å². The third-order valence-electron chi connectivity index (χ3n) is 3.53. The van der Waals surface area contributed by atoms with Gasteiger partial charge in [0.25, 0.3) is 0 Å². The number of aromatic hydroxyl groups is 2. The summed E-state index contributed by atoms with van der Waals surface area (Å²) >= 11 is 5.80. The highest BCUT2D eigenvalue weighted by atomic mass is 35.5. The van der Waals surface area contributed by atoms with Gasteiger partial charge in [0.15, 0.2) is 0 Å². The van der Waals surface area contributed by atoms with Gasteiger partial charge in [-0.3, -0.25) is 0 Å². The van der Waals surface area contributed by atoms with Gasteiger partial charge in [0.2, 0.25) is 0 Å². The minimum absolute atomic E-state index is 0.0482. The van der Waals surface area contributed by atoms with E-state index in [-0.39, 0.29) is 38.8 Å². The van der Waals surface area contributed by atoms with E-state index in [0.29, 0.717) is 0 Å². The molecule has 3 aromatic rings. The summed E-state index contributed by atoms with van der Waals surface area (Å²) in [6.07, 6.45) is 0. The highest BCUT2D eigenvalue weighted by molar-refractivity contribution is 6.32. The van der Waals surface area contributed by atoms with Crippen molar-refractivity contribution in [1.82, 2.24) is 0 Å². The lowest BCUT2D eigenvalue weighted by Gasteiger charge is -2.11. The molecule has 2 nitrogen and oxygen atoms in total. The van der Waals surface area contributed by atoms with Crippen molar-refractivity contribution in [3.05, 3.63) is 71.3 Å². The van der Waals surface area contributed by atoms with Gasteiger partial charge in [-0.25, -0.2) is 8.78 Å². The van der Waals surface area contributed by atoms with E-state index in [2.05, 4.69) is 0 Å². The fourth-order valence-corrected chi connectivity index (χ4v) is 2.57. The van der Waals surface area contributed by atoms with E-state index < -0.39 is 11.6 Å². The van der Waals surface area contributed by atoms with Crippen LogP contribution < -0.4 is 0 Å². The summed E-state index contributed by atoms with van der Waals surface area (Å²) in [7, 11) is 0. The van der Waals surface area contributed by atoms with Gasteiger partial charge in [0, 0.05) is 22.3 Å². The average Bonchev–Trinajstić information content (AvgIpc) is 2.53. The van der Waals surface area contributed by atoms with Crippen LogP contribution in [0.5, 0.6) is 11.5 Å². The Morgan fingerprint density at radius 2 is 1.26 bits per heavy atom. The maximum atomic E-state index is 14.4. The van der Waals surface area contributed by atoms with Crippen molar-refractivity contribution in [3.63, 3.8) is 0 Å². The minimum Gasteiger partial charge on any atom is -0.507 e. The lowest BCUT2D eigenvalue weighted by molar-refractivity contribution is 0.475. The van der Waals surface area contributed by atoms with Crippen LogP contribution in [0, 0.1) is 11.6 Å². The van der Waals surface area contributed by atoms with E-state index >= 15 is 0 Å². The van der Waals surface area contributed by atoms with Gasteiger partial charge >= 0.3 is 0 Å². The van der Waals surface area contributed by atoms with Gasteiger partial charge in [-0.2, -0.15) is 0 Å². The molecule has 3 aromatic carbocycles. The van der Waals surface area contributed by atoms with Crippen molar-refractivity contribution in [2.45, 2.75) is 0 Å². The number of phenolic OH excluding ortho intramolecular Hbond substituents is 2. The molecule has 0 aliphatic heterocycles. The highest BCUT2D eigenvalue weighted by Gasteiger charge is 2.17. The summed E-state index contributed by atoms with van der Waals surface area (Å²) in [5.41, 5.74) is 0.107. The van der Waals surface area contributed by atoms with Crippen LogP contribution in [0.1, 0.15) is 0 Å². The number of para-hydroxylation sites is 2. The fraction of sp³-hybridized carbons (Fsp3) is 0. The quantitative estimate of drug-likeness (QED) is 0.663. The average molecular weight is 333 g/mol. The third kappa shape index (κ3) is 2.73. The van der Waals surface area contributed by atoms with Gasteiger partial charge < -0.3 is 10.2 Å².